The summed E-state index contributed by atoms with van der Waals surface area (Å²) >= 11 is 0. The predicted octanol–water partition coefficient (Wildman–Crippen LogP) is 2.42. The highest BCUT2D eigenvalue weighted by Gasteiger charge is 2.45. The van der Waals surface area contributed by atoms with Gasteiger partial charge in [-0.25, -0.2) is 14.5 Å². The summed E-state index contributed by atoms with van der Waals surface area (Å²) in [6.07, 6.45) is 0.867. The Hall–Kier alpha value is -1.85. The molecule has 118 valence electrons. The highest BCUT2D eigenvalue weighted by Crippen LogP contribution is 2.26. The van der Waals surface area contributed by atoms with Gasteiger partial charge in [0.25, 0.3) is 5.91 Å². The number of esters is 1. The standard InChI is InChI=1S/C15H23NO5/c1-6-7-8-20-13(18)11-9-10(2)12(17)16(11)14(19)21-15(3,4)5/h11H,2,6-9H2,1,3-5H3/t11-/m0/s1. The second-order valence-electron chi connectivity index (χ2n) is 6.00. The van der Waals surface area contributed by atoms with Crippen molar-refractivity contribution in [2.24, 2.45) is 0 Å². The van der Waals surface area contributed by atoms with Crippen LogP contribution in [0.4, 0.5) is 4.79 Å². The molecule has 1 atom stereocenters. The Balaban J connectivity index is 2.81. The molecule has 0 spiro atoms. The quantitative estimate of drug-likeness (QED) is 0.452. The van der Waals surface area contributed by atoms with E-state index in [2.05, 4.69) is 6.58 Å². The average Bonchev–Trinajstić information content (AvgIpc) is 2.64. The Kier molecular flexibility index (Phi) is 5.52. The van der Waals surface area contributed by atoms with E-state index in [-0.39, 0.29) is 18.6 Å². The molecule has 0 unspecified atom stereocenters. The number of imide groups is 1. The van der Waals surface area contributed by atoms with Crippen molar-refractivity contribution >= 4 is 18.0 Å². The lowest BCUT2D eigenvalue weighted by atomic mass is 10.2. The Morgan fingerprint density at radius 3 is 2.52 bits per heavy atom. The number of carbonyl (C=O) groups is 3. The van der Waals surface area contributed by atoms with Crippen molar-refractivity contribution < 1.29 is 23.9 Å². The zero-order chi connectivity index (χ0) is 16.2. The molecule has 0 aliphatic carbocycles. The highest BCUT2D eigenvalue weighted by atomic mass is 16.6. The summed E-state index contributed by atoms with van der Waals surface area (Å²) in [5.74, 6) is -1.18. The Bertz CT molecular complexity index is 449. The lowest BCUT2D eigenvalue weighted by Gasteiger charge is -2.26. The number of rotatable bonds is 4. The van der Waals surface area contributed by atoms with Crippen molar-refractivity contribution in [1.29, 1.82) is 0 Å². The fourth-order valence-corrected chi connectivity index (χ4v) is 1.85. The van der Waals surface area contributed by atoms with E-state index >= 15 is 0 Å². The van der Waals surface area contributed by atoms with Crippen molar-refractivity contribution in [2.75, 3.05) is 6.61 Å². The molecule has 2 amide bonds. The van der Waals surface area contributed by atoms with Crippen LogP contribution in [0.15, 0.2) is 12.2 Å². The lowest BCUT2D eigenvalue weighted by molar-refractivity contribution is -0.151. The minimum Gasteiger partial charge on any atom is -0.464 e. The molecule has 0 radical (unpaired) electrons. The molecule has 6 nitrogen and oxygen atoms in total. The molecular weight excluding hydrogens is 274 g/mol. The van der Waals surface area contributed by atoms with Gasteiger partial charge in [-0.15, -0.1) is 0 Å². The second kappa shape index (κ2) is 6.74. The van der Waals surface area contributed by atoms with E-state index in [1.807, 2.05) is 6.92 Å². The van der Waals surface area contributed by atoms with E-state index in [4.69, 9.17) is 9.47 Å². The summed E-state index contributed by atoms with van der Waals surface area (Å²) in [6, 6.07) is -0.975. The fraction of sp³-hybridized carbons (Fsp3) is 0.667. The van der Waals surface area contributed by atoms with Gasteiger partial charge >= 0.3 is 12.1 Å². The maximum absolute atomic E-state index is 12.1. The molecule has 1 saturated heterocycles. The van der Waals surface area contributed by atoms with Gasteiger partial charge in [-0.1, -0.05) is 19.9 Å². The van der Waals surface area contributed by atoms with Crippen molar-refractivity contribution in [3.05, 3.63) is 12.2 Å². The molecule has 0 aromatic heterocycles. The van der Waals surface area contributed by atoms with Crippen molar-refractivity contribution in [2.45, 2.75) is 58.6 Å². The van der Waals surface area contributed by atoms with Crippen molar-refractivity contribution in [1.82, 2.24) is 4.90 Å². The summed E-state index contributed by atoms with van der Waals surface area (Å²) < 4.78 is 10.3. The summed E-state index contributed by atoms with van der Waals surface area (Å²) in [5.41, 5.74) is -0.545. The first kappa shape index (κ1) is 17.2. The van der Waals surface area contributed by atoms with Crippen LogP contribution in [0, 0.1) is 0 Å². The predicted molar refractivity (Wildman–Crippen MR) is 76.5 cm³/mol. The first-order valence-corrected chi connectivity index (χ1v) is 7.08. The van der Waals surface area contributed by atoms with Crippen molar-refractivity contribution in [3.8, 4) is 0 Å². The maximum atomic E-state index is 12.1. The van der Waals surface area contributed by atoms with Gasteiger partial charge in [0.15, 0.2) is 0 Å². The van der Waals surface area contributed by atoms with E-state index in [1.165, 1.54) is 0 Å². The van der Waals surface area contributed by atoms with Crippen LogP contribution in [0.25, 0.3) is 0 Å². The van der Waals surface area contributed by atoms with E-state index in [1.54, 1.807) is 20.8 Å². The Morgan fingerprint density at radius 1 is 1.38 bits per heavy atom. The highest BCUT2D eigenvalue weighted by molar-refractivity contribution is 6.08. The first-order valence-electron chi connectivity index (χ1n) is 7.08. The molecule has 1 fully saturated rings. The second-order valence-corrected chi connectivity index (χ2v) is 6.00. The summed E-state index contributed by atoms with van der Waals surface area (Å²) in [5, 5.41) is 0. The molecule has 1 heterocycles. The average molecular weight is 297 g/mol. The third-order valence-corrected chi connectivity index (χ3v) is 2.88. The van der Waals surface area contributed by atoms with Gasteiger partial charge in [-0.2, -0.15) is 0 Å². The van der Waals surface area contributed by atoms with E-state index < -0.39 is 29.6 Å². The number of nitrogens with zero attached hydrogens (tertiary/aromatic N) is 1. The first-order chi connectivity index (χ1) is 9.67. The SMILES string of the molecule is C=C1C[C@@H](C(=O)OCCCC)N(C(=O)OC(C)(C)C)C1=O. The zero-order valence-corrected chi connectivity index (χ0v) is 13.1. The van der Waals surface area contributed by atoms with Crippen LogP contribution in [0.3, 0.4) is 0 Å². The van der Waals surface area contributed by atoms with Crippen molar-refractivity contribution in [3.63, 3.8) is 0 Å². The van der Waals surface area contributed by atoms with Gasteiger partial charge in [0, 0.05) is 12.0 Å². The monoisotopic (exact) mass is 297 g/mol. The number of likely N-dealkylation sites (tertiary alicyclic amines) is 1. The molecule has 0 bridgehead atoms. The van der Waals surface area contributed by atoms with Crippen LogP contribution in [0.2, 0.25) is 0 Å². The number of carbonyl (C=O) groups excluding carboxylic acids is 3. The zero-order valence-electron chi connectivity index (χ0n) is 13.1. The van der Waals surface area contributed by atoms with Crippen LogP contribution >= 0.6 is 0 Å². The van der Waals surface area contributed by atoms with Gasteiger partial charge in [0.05, 0.1) is 6.61 Å². The lowest BCUT2D eigenvalue weighted by Crippen LogP contribution is -2.46. The molecule has 0 aromatic rings. The number of ether oxygens (including phenoxy) is 2. The van der Waals surface area contributed by atoms with Gasteiger partial charge < -0.3 is 9.47 Å². The van der Waals surface area contributed by atoms with Gasteiger partial charge in [-0.05, 0) is 27.2 Å². The largest absolute Gasteiger partial charge is 0.464 e. The van der Waals surface area contributed by atoms with E-state index in [0.29, 0.717) is 0 Å². The van der Waals surface area contributed by atoms with Crippen LogP contribution in [0.5, 0.6) is 0 Å². The smallest absolute Gasteiger partial charge is 0.418 e. The van der Waals surface area contributed by atoms with Crippen LogP contribution in [0.1, 0.15) is 47.0 Å². The topological polar surface area (TPSA) is 72.9 Å². The molecule has 1 rings (SSSR count). The summed E-state index contributed by atoms with van der Waals surface area (Å²) in [6.45, 7) is 10.9. The molecule has 0 aromatic carbocycles. The van der Waals surface area contributed by atoms with E-state index in [9.17, 15) is 14.4 Å². The third kappa shape index (κ3) is 4.58. The fourth-order valence-electron chi connectivity index (χ4n) is 1.85. The molecule has 0 saturated carbocycles. The minimum absolute atomic E-state index is 0.0863. The van der Waals surface area contributed by atoms with Crippen LogP contribution in [-0.2, 0) is 19.1 Å². The van der Waals surface area contributed by atoms with E-state index in [0.717, 1.165) is 17.7 Å². The molecule has 1 aliphatic heterocycles. The van der Waals surface area contributed by atoms with Gasteiger partial charge in [0.2, 0.25) is 0 Å². The van der Waals surface area contributed by atoms with Crippen LogP contribution < -0.4 is 0 Å². The molecular formula is C15H23NO5. The minimum atomic E-state index is -0.975. The molecule has 21 heavy (non-hydrogen) atoms. The summed E-state index contributed by atoms with van der Waals surface area (Å²) in [7, 11) is 0. The normalized spacial score (nSPS) is 18.9. The molecule has 6 heteroatoms. The maximum Gasteiger partial charge on any atom is 0.418 e. The Labute approximate surface area is 125 Å². The summed E-state index contributed by atoms with van der Waals surface area (Å²) in [4.78, 5) is 36.9. The van der Waals surface area contributed by atoms with Gasteiger partial charge in [-0.3, -0.25) is 4.79 Å². The number of unbranched alkanes of at least 4 members (excludes halogenated alkanes) is 1. The Morgan fingerprint density at radius 2 is 2.00 bits per heavy atom. The number of amides is 2. The third-order valence-electron chi connectivity index (χ3n) is 2.88. The van der Waals surface area contributed by atoms with Gasteiger partial charge in [0.1, 0.15) is 11.6 Å². The van der Waals surface area contributed by atoms with Crippen LogP contribution in [-0.4, -0.2) is 41.1 Å². The molecule has 1 aliphatic rings. The number of hydrogen-bond acceptors (Lipinski definition) is 5. The molecule has 0 N–H and O–H groups in total. The number of hydrogen-bond donors (Lipinski definition) is 0.